The summed E-state index contributed by atoms with van der Waals surface area (Å²) in [5, 5.41) is 15.5. The average molecular weight is 547 g/mol. The van der Waals surface area contributed by atoms with Crippen LogP contribution in [0.4, 0.5) is 4.39 Å². The Morgan fingerprint density at radius 2 is 1.90 bits per heavy atom. The molecular formula is C28H27FN6O3S. The third-order valence-corrected chi connectivity index (χ3v) is 7.69. The molecule has 3 aromatic heterocycles. The van der Waals surface area contributed by atoms with Gasteiger partial charge in [-0.15, -0.1) is 16.4 Å². The zero-order chi connectivity index (χ0) is 26.8. The highest BCUT2D eigenvalue weighted by molar-refractivity contribution is 7.09. The number of H-pyrrole nitrogens is 1. The molecule has 6 rings (SSSR count). The molecule has 1 aliphatic rings. The standard InChI is InChI=1S/C28H27FN6O3S/c1-2-24(27-31-32-33-35(27)15-18-5-7-21(29)8-6-18)34(17-22-4-3-11-39-22)16-20-12-19-13-25-26(38-10-9-37-25)14-23(19)30-28(20)36/h3-8,11-14,24H,2,9-10,15-17H2,1H3,(H,30,36)/t24-/m1/s1. The van der Waals surface area contributed by atoms with Gasteiger partial charge in [0.2, 0.25) is 0 Å². The molecule has 39 heavy (non-hydrogen) atoms. The number of aromatic amines is 1. The topological polar surface area (TPSA) is 98.2 Å². The molecule has 0 spiro atoms. The highest BCUT2D eigenvalue weighted by atomic mass is 32.1. The van der Waals surface area contributed by atoms with E-state index in [4.69, 9.17) is 9.47 Å². The summed E-state index contributed by atoms with van der Waals surface area (Å²) >= 11 is 1.67. The van der Waals surface area contributed by atoms with Gasteiger partial charge in [0.25, 0.3) is 5.56 Å². The largest absolute Gasteiger partial charge is 0.486 e. The molecule has 11 heteroatoms. The van der Waals surface area contributed by atoms with Crippen molar-refractivity contribution in [3.8, 4) is 11.5 Å². The fourth-order valence-electron chi connectivity index (χ4n) is 4.93. The third-order valence-electron chi connectivity index (χ3n) is 6.83. The molecular weight excluding hydrogens is 519 g/mol. The zero-order valence-electron chi connectivity index (χ0n) is 21.3. The van der Waals surface area contributed by atoms with Gasteiger partial charge in [-0.3, -0.25) is 9.69 Å². The SMILES string of the molecule is CC[C@H](c1nnnn1Cc1ccc(F)cc1)N(Cc1cccs1)Cc1cc2cc3c(cc2[nH]c1=O)OCCO3. The maximum absolute atomic E-state index is 13.4. The van der Waals surface area contributed by atoms with E-state index in [-0.39, 0.29) is 17.4 Å². The minimum Gasteiger partial charge on any atom is -0.486 e. The molecule has 1 N–H and O–H groups in total. The summed E-state index contributed by atoms with van der Waals surface area (Å²) in [7, 11) is 0. The van der Waals surface area contributed by atoms with Crippen molar-refractivity contribution in [2.24, 2.45) is 0 Å². The number of fused-ring (bicyclic) bond motifs is 2. The van der Waals surface area contributed by atoms with Crippen LogP contribution in [-0.2, 0) is 19.6 Å². The summed E-state index contributed by atoms with van der Waals surface area (Å²) in [6, 6.07) is 15.9. The highest BCUT2D eigenvalue weighted by Crippen LogP contribution is 2.34. The molecule has 0 saturated carbocycles. The first-order valence-corrected chi connectivity index (χ1v) is 13.7. The number of rotatable bonds is 9. The van der Waals surface area contributed by atoms with Gasteiger partial charge >= 0.3 is 0 Å². The number of thiophene rings is 1. The summed E-state index contributed by atoms with van der Waals surface area (Å²) in [6.07, 6.45) is 0.722. The Morgan fingerprint density at radius 1 is 1.10 bits per heavy atom. The zero-order valence-corrected chi connectivity index (χ0v) is 22.2. The molecule has 0 aliphatic carbocycles. The quantitative estimate of drug-likeness (QED) is 0.286. The molecule has 0 unspecified atom stereocenters. The van der Waals surface area contributed by atoms with Gasteiger partial charge in [0.1, 0.15) is 19.0 Å². The van der Waals surface area contributed by atoms with E-state index in [1.54, 1.807) is 28.2 Å². The van der Waals surface area contributed by atoms with Crippen molar-refractivity contribution >= 4 is 22.2 Å². The van der Waals surface area contributed by atoms with Crippen LogP contribution in [0.25, 0.3) is 10.9 Å². The van der Waals surface area contributed by atoms with Crippen LogP contribution in [-0.4, -0.2) is 43.3 Å². The highest BCUT2D eigenvalue weighted by Gasteiger charge is 2.26. The second kappa shape index (κ2) is 11.0. The van der Waals surface area contributed by atoms with Crippen molar-refractivity contribution in [2.45, 2.75) is 39.0 Å². The van der Waals surface area contributed by atoms with E-state index in [1.165, 1.54) is 17.0 Å². The molecule has 200 valence electrons. The number of ether oxygens (including phenoxy) is 2. The molecule has 9 nitrogen and oxygen atoms in total. The molecule has 1 atom stereocenters. The Bertz CT molecular complexity index is 1630. The number of benzene rings is 2. The van der Waals surface area contributed by atoms with Crippen molar-refractivity contribution in [1.82, 2.24) is 30.1 Å². The second-order valence-corrected chi connectivity index (χ2v) is 10.5. The molecule has 0 radical (unpaired) electrons. The van der Waals surface area contributed by atoms with E-state index in [1.807, 2.05) is 29.6 Å². The number of hydrogen-bond donors (Lipinski definition) is 1. The summed E-state index contributed by atoms with van der Waals surface area (Å²) in [4.78, 5) is 19.7. The van der Waals surface area contributed by atoms with E-state index in [0.29, 0.717) is 61.3 Å². The van der Waals surface area contributed by atoms with Crippen LogP contribution in [0.5, 0.6) is 11.5 Å². The Balaban J connectivity index is 1.34. The molecule has 0 bridgehead atoms. The number of halogens is 1. The van der Waals surface area contributed by atoms with Crippen molar-refractivity contribution in [3.05, 3.63) is 98.0 Å². The maximum Gasteiger partial charge on any atom is 0.252 e. The number of pyridine rings is 1. The van der Waals surface area contributed by atoms with E-state index in [2.05, 4.69) is 38.4 Å². The number of hydrogen-bond acceptors (Lipinski definition) is 8. The minimum atomic E-state index is -0.288. The van der Waals surface area contributed by atoms with Gasteiger partial charge in [-0.25, -0.2) is 9.07 Å². The second-order valence-electron chi connectivity index (χ2n) is 9.44. The number of aromatic nitrogens is 5. The molecule has 5 aromatic rings. The monoisotopic (exact) mass is 546 g/mol. The first kappa shape index (κ1) is 25.2. The Labute approximate surface area is 227 Å². The molecule has 1 aliphatic heterocycles. The molecule has 0 saturated heterocycles. The summed E-state index contributed by atoms with van der Waals surface area (Å²) in [6.45, 7) is 4.48. The normalized spacial score (nSPS) is 13.7. The Kier molecular flexibility index (Phi) is 7.08. The van der Waals surface area contributed by atoms with E-state index >= 15 is 0 Å². The number of nitrogens with one attached hydrogen (secondary N) is 1. The maximum atomic E-state index is 13.4. The summed E-state index contributed by atoms with van der Waals surface area (Å²) in [5.41, 5.74) is 2.07. The fourth-order valence-corrected chi connectivity index (χ4v) is 5.66. The van der Waals surface area contributed by atoms with Crippen molar-refractivity contribution < 1.29 is 13.9 Å². The Hall–Kier alpha value is -4.09. The average Bonchev–Trinajstić information content (AvgIpc) is 3.62. The van der Waals surface area contributed by atoms with Crippen molar-refractivity contribution in [1.29, 1.82) is 0 Å². The smallest absolute Gasteiger partial charge is 0.252 e. The lowest BCUT2D eigenvalue weighted by atomic mass is 10.1. The minimum absolute atomic E-state index is 0.156. The van der Waals surface area contributed by atoms with Crippen molar-refractivity contribution in [2.75, 3.05) is 13.2 Å². The van der Waals surface area contributed by atoms with Crippen LogP contribution in [0.15, 0.2) is 64.8 Å². The first-order valence-electron chi connectivity index (χ1n) is 12.8. The predicted molar refractivity (Wildman–Crippen MR) is 145 cm³/mol. The predicted octanol–water partition coefficient (Wildman–Crippen LogP) is 4.69. The third kappa shape index (κ3) is 5.41. The van der Waals surface area contributed by atoms with Gasteiger partial charge < -0.3 is 14.5 Å². The van der Waals surface area contributed by atoms with E-state index in [0.717, 1.165) is 17.4 Å². The molecule has 4 heterocycles. The number of nitrogens with zero attached hydrogens (tertiary/aromatic N) is 5. The lowest BCUT2D eigenvalue weighted by Crippen LogP contribution is -2.32. The van der Waals surface area contributed by atoms with Crippen LogP contribution in [0.1, 0.15) is 41.2 Å². The van der Waals surface area contributed by atoms with Gasteiger partial charge in [0.05, 0.1) is 18.1 Å². The fraction of sp³-hybridized carbons (Fsp3) is 0.286. The van der Waals surface area contributed by atoms with Gasteiger partial charge in [-0.2, -0.15) is 0 Å². The Morgan fingerprint density at radius 3 is 2.64 bits per heavy atom. The summed E-state index contributed by atoms with van der Waals surface area (Å²) in [5.74, 6) is 1.71. The molecule has 2 aromatic carbocycles. The van der Waals surface area contributed by atoms with Gasteiger partial charge in [-0.05, 0) is 58.1 Å². The lowest BCUT2D eigenvalue weighted by Gasteiger charge is -2.30. The van der Waals surface area contributed by atoms with Crippen LogP contribution < -0.4 is 15.0 Å². The summed E-state index contributed by atoms with van der Waals surface area (Å²) < 4.78 is 26.6. The molecule has 0 amide bonds. The van der Waals surface area contributed by atoms with E-state index in [9.17, 15) is 9.18 Å². The van der Waals surface area contributed by atoms with Crippen LogP contribution in [0.2, 0.25) is 0 Å². The molecule has 0 fully saturated rings. The van der Waals surface area contributed by atoms with Crippen molar-refractivity contribution in [3.63, 3.8) is 0 Å². The lowest BCUT2D eigenvalue weighted by molar-refractivity contribution is 0.163. The van der Waals surface area contributed by atoms with Crippen LogP contribution in [0, 0.1) is 5.82 Å². The first-order chi connectivity index (χ1) is 19.1. The van der Waals surface area contributed by atoms with Crippen LogP contribution in [0.3, 0.4) is 0 Å². The van der Waals surface area contributed by atoms with Crippen LogP contribution >= 0.6 is 11.3 Å². The van der Waals surface area contributed by atoms with Gasteiger partial charge in [-0.1, -0.05) is 25.1 Å². The van der Waals surface area contributed by atoms with Gasteiger partial charge in [0, 0.05) is 35.0 Å². The van der Waals surface area contributed by atoms with Gasteiger partial charge in [0.15, 0.2) is 17.3 Å². The number of tetrazole rings is 1. The van der Waals surface area contributed by atoms with E-state index < -0.39 is 0 Å².